The van der Waals surface area contributed by atoms with Gasteiger partial charge in [0.2, 0.25) is 0 Å². The van der Waals surface area contributed by atoms with Gasteiger partial charge in [0.1, 0.15) is 0 Å². The first kappa shape index (κ1) is 16.2. The second-order valence-electron chi connectivity index (χ2n) is 6.55. The smallest absolute Gasteiger partial charge is 0.0686 e. The fourth-order valence-electron chi connectivity index (χ4n) is 2.51. The molecule has 0 N–H and O–H groups in total. The van der Waals surface area contributed by atoms with E-state index >= 15 is 0 Å². The van der Waals surface area contributed by atoms with Crippen molar-refractivity contribution >= 4 is 8.07 Å². The molecule has 0 unspecified atom stereocenters. The third-order valence-electron chi connectivity index (χ3n) is 2.94. The van der Waals surface area contributed by atoms with Crippen molar-refractivity contribution in [3.05, 3.63) is 47.2 Å². The first-order chi connectivity index (χ1) is 8.90. The Balaban J connectivity index is 2.65. The molecular weight excluding hydrogens is 246 g/mol. The molecule has 0 heterocycles. The van der Waals surface area contributed by atoms with Crippen LogP contribution in [0.5, 0.6) is 0 Å². The van der Waals surface area contributed by atoms with E-state index in [1.807, 2.05) is 0 Å². The molecule has 19 heavy (non-hydrogen) atoms. The largest absolute Gasteiger partial charge is 0.295 e. The molecule has 2 heteroatoms. The van der Waals surface area contributed by atoms with Gasteiger partial charge in [0.05, 0.1) is 8.07 Å². The predicted molar refractivity (Wildman–Crippen MR) is 89.1 cm³/mol. The molecule has 0 aliphatic rings. The lowest BCUT2D eigenvalue weighted by Gasteiger charge is -2.23. The third-order valence-corrected chi connectivity index (χ3v) is 4.30. The summed E-state index contributed by atoms with van der Waals surface area (Å²) in [7, 11) is -1.09. The summed E-state index contributed by atoms with van der Waals surface area (Å²) in [5, 5.41) is 0. The number of benzene rings is 1. The maximum atomic E-state index is 2.56. The molecule has 1 nitrogen and oxygen atoms in total. The van der Waals surface area contributed by atoms with E-state index in [-0.39, 0.29) is 0 Å². The minimum Gasteiger partial charge on any atom is -0.295 e. The lowest BCUT2D eigenvalue weighted by atomic mass is 10.2. The molecular formula is C17H29NSi. The Morgan fingerprint density at radius 2 is 1.79 bits per heavy atom. The molecule has 0 aromatic heterocycles. The molecule has 0 aliphatic carbocycles. The summed E-state index contributed by atoms with van der Waals surface area (Å²) in [5.41, 5.74) is 5.47. The van der Waals surface area contributed by atoms with Crippen LogP contribution in [0, 0.1) is 0 Å². The van der Waals surface area contributed by atoms with Crippen LogP contribution in [-0.2, 0) is 6.54 Å². The predicted octanol–water partition coefficient (Wildman–Crippen LogP) is 4.72. The van der Waals surface area contributed by atoms with Crippen molar-refractivity contribution in [2.24, 2.45) is 0 Å². The van der Waals surface area contributed by atoms with E-state index in [2.05, 4.69) is 74.4 Å². The van der Waals surface area contributed by atoms with Crippen molar-refractivity contribution in [1.29, 1.82) is 0 Å². The first-order valence-electron chi connectivity index (χ1n) is 7.35. The van der Waals surface area contributed by atoms with E-state index in [1.54, 1.807) is 0 Å². The fraction of sp³-hybridized carbons (Fsp3) is 0.529. The van der Waals surface area contributed by atoms with Crippen molar-refractivity contribution in [3.63, 3.8) is 0 Å². The van der Waals surface area contributed by atoms with Crippen LogP contribution in [0.2, 0.25) is 19.6 Å². The van der Waals surface area contributed by atoms with Crippen LogP contribution in [0.3, 0.4) is 0 Å². The third kappa shape index (κ3) is 7.33. The number of rotatable bonds is 7. The van der Waals surface area contributed by atoms with Crippen LogP contribution in [-0.4, -0.2) is 26.1 Å². The molecule has 1 aromatic rings. The van der Waals surface area contributed by atoms with E-state index in [0.29, 0.717) is 0 Å². The van der Waals surface area contributed by atoms with Gasteiger partial charge in [-0.15, -0.1) is 0 Å². The van der Waals surface area contributed by atoms with Gasteiger partial charge in [0.25, 0.3) is 0 Å². The average Bonchev–Trinajstić information content (AvgIpc) is 2.27. The van der Waals surface area contributed by atoms with Gasteiger partial charge in [-0.2, -0.15) is 0 Å². The van der Waals surface area contributed by atoms with Crippen LogP contribution in [0.1, 0.15) is 25.8 Å². The van der Waals surface area contributed by atoms with Crippen LogP contribution < -0.4 is 0 Å². The normalized spacial score (nSPS) is 13.1. The summed E-state index contributed by atoms with van der Waals surface area (Å²) in [6.45, 7) is 15.1. The minimum absolute atomic E-state index is 1.06. The van der Waals surface area contributed by atoms with Crippen LogP contribution in [0.25, 0.3) is 0 Å². The molecule has 0 atom stereocenters. The summed E-state index contributed by atoms with van der Waals surface area (Å²) in [6, 6.07) is 10.8. The lowest BCUT2D eigenvalue weighted by molar-refractivity contribution is 0.288. The molecule has 0 spiro atoms. The van der Waals surface area contributed by atoms with Crippen molar-refractivity contribution in [2.75, 3.05) is 13.1 Å². The van der Waals surface area contributed by atoms with E-state index in [4.69, 9.17) is 0 Å². The SMILES string of the molecule is CCCN(C/C(C)=C/[Si](C)(C)C)Cc1ccccc1. The lowest BCUT2D eigenvalue weighted by Crippen LogP contribution is -2.27. The van der Waals surface area contributed by atoms with Crippen molar-refractivity contribution in [3.8, 4) is 0 Å². The second-order valence-corrected chi connectivity index (χ2v) is 11.6. The molecule has 0 saturated carbocycles. The molecule has 106 valence electrons. The van der Waals surface area contributed by atoms with Crippen LogP contribution in [0.15, 0.2) is 41.6 Å². The Kier molecular flexibility index (Phi) is 6.53. The second kappa shape index (κ2) is 7.66. The standard InChI is InChI=1S/C17H29NSi/c1-6-12-18(13-16(2)15-19(3,4)5)14-17-10-8-7-9-11-17/h7-11,15H,6,12-14H2,1-5H3/b16-15+. The Hall–Kier alpha value is -0.863. The van der Waals surface area contributed by atoms with Crippen molar-refractivity contribution < 1.29 is 0 Å². The first-order valence-corrected chi connectivity index (χ1v) is 10.9. The highest BCUT2D eigenvalue weighted by atomic mass is 28.3. The van der Waals surface area contributed by atoms with Gasteiger partial charge in [-0.1, -0.05) is 68.2 Å². The van der Waals surface area contributed by atoms with E-state index in [1.165, 1.54) is 24.1 Å². The Morgan fingerprint density at radius 3 is 2.32 bits per heavy atom. The molecule has 0 bridgehead atoms. The van der Waals surface area contributed by atoms with E-state index in [0.717, 1.165) is 13.1 Å². The van der Waals surface area contributed by atoms with E-state index in [9.17, 15) is 0 Å². The van der Waals surface area contributed by atoms with E-state index < -0.39 is 8.07 Å². The average molecular weight is 276 g/mol. The molecule has 0 radical (unpaired) electrons. The number of nitrogens with zero attached hydrogens (tertiary/aromatic N) is 1. The zero-order valence-electron chi connectivity index (χ0n) is 13.2. The minimum atomic E-state index is -1.09. The van der Waals surface area contributed by atoms with Gasteiger partial charge in [-0.25, -0.2) is 0 Å². The molecule has 0 fully saturated rings. The van der Waals surface area contributed by atoms with Gasteiger partial charge < -0.3 is 0 Å². The highest BCUT2D eigenvalue weighted by Crippen LogP contribution is 2.11. The van der Waals surface area contributed by atoms with Gasteiger partial charge in [0.15, 0.2) is 0 Å². The topological polar surface area (TPSA) is 3.24 Å². The summed E-state index contributed by atoms with van der Waals surface area (Å²) in [6.07, 6.45) is 1.22. The summed E-state index contributed by atoms with van der Waals surface area (Å²) < 4.78 is 0. The zero-order valence-corrected chi connectivity index (χ0v) is 14.2. The molecule has 1 rings (SSSR count). The van der Waals surface area contributed by atoms with Gasteiger partial charge in [0, 0.05) is 13.1 Å². The maximum absolute atomic E-state index is 2.56. The summed E-state index contributed by atoms with van der Waals surface area (Å²) >= 11 is 0. The number of hydrogen-bond acceptors (Lipinski definition) is 1. The summed E-state index contributed by atoms with van der Waals surface area (Å²) in [5.74, 6) is 0. The van der Waals surface area contributed by atoms with Crippen LogP contribution >= 0.6 is 0 Å². The van der Waals surface area contributed by atoms with Gasteiger partial charge >= 0.3 is 0 Å². The quantitative estimate of drug-likeness (QED) is 0.651. The zero-order chi connectivity index (χ0) is 14.3. The van der Waals surface area contributed by atoms with Crippen molar-refractivity contribution in [2.45, 2.75) is 46.5 Å². The Morgan fingerprint density at radius 1 is 1.16 bits per heavy atom. The molecule has 1 aromatic carbocycles. The van der Waals surface area contributed by atoms with Crippen molar-refractivity contribution in [1.82, 2.24) is 4.90 Å². The molecule has 0 amide bonds. The number of hydrogen-bond donors (Lipinski definition) is 0. The van der Waals surface area contributed by atoms with Gasteiger partial charge in [-0.3, -0.25) is 4.90 Å². The molecule has 0 aliphatic heterocycles. The Labute approximate surface area is 120 Å². The Bertz CT molecular complexity index is 389. The summed E-state index contributed by atoms with van der Waals surface area (Å²) in [4.78, 5) is 2.56. The highest BCUT2D eigenvalue weighted by molar-refractivity contribution is 6.81. The monoisotopic (exact) mass is 275 g/mol. The molecule has 0 saturated heterocycles. The van der Waals surface area contributed by atoms with Gasteiger partial charge in [-0.05, 0) is 25.5 Å². The maximum Gasteiger partial charge on any atom is 0.0686 e. The fourth-order valence-corrected chi connectivity index (χ4v) is 4.08. The van der Waals surface area contributed by atoms with Crippen LogP contribution in [0.4, 0.5) is 0 Å². The highest BCUT2D eigenvalue weighted by Gasteiger charge is 2.11.